The number of carbonyl (C=O) groups is 1. The van der Waals surface area contributed by atoms with Gasteiger partial charge in [-0.1, -0.05) is 30.0 Å². The van der Waals surface area contributed by atoms with Crippen LogP contribution in [-0.2, 0) is 11.8 Å². The first kappa shape index (κ1) is 17.2. The number of nitrogens with zero attached hydrogens (tertiary/aromatic N) is 4. The van der Waals surface area contributed by atoms with Gasteiger partial charge in [-0.15, -0.1) is 0 Å². The molecule has 8 heteroatoms. The van der Waals surface area contributed by atoms with Crippen LogP contribution in [0.25, 0.3) is 11.0 Å². The molecule has 1 amide bonds. The fraction of sp³-hybridized carbons (Fsp3) is 0.294. The maximum absolute atomic E-state index is 12.3. The molecule has 0 radical (unpaired) electrons. The molecule has 0 fully saturated rings. The highest BCUT2D eigenvalue weighted by molar-refractivity contribution is 8.00. The summed E-state index contributed by atoms with van der Waals surface area (Å²) in [6.07, 6.45) is 3.20. The van der Waals surface area contributed by atoms with Gasteiger partial charge in [0.1, 0.15) is 17.1 Å². The lowest BCUT2D eigenvalue weighted by Gasteiger charge is -2.17. The molecular weight excluding hydrogens is 338 g/mol. The van der Waals surface area contributed by atoms with Gasteiger partial charge in [-0.2, -0.15) is 5.10 Å². The highest BCUT2D eigenvalue weighted by Crippen LogP contribution is 2.26. The standard InChI is InChI=1S/C17H19N5O2S/c1-11(12-6-4-5-7-14(12)24-3)21-15(23)9-25-17-13-8-20-22(2)16(13)18-10-19-17/h4-8,10-11H,9H2,1-3H3,(H,21,23). The van der Waals surface area contributed by atoms with Crippen molar-refractivity contribution in [3.63, 3.8) is 0 Å². The summed E-state index contributed by atoms with van der Waals surface area (Å²) in [4.78, 5) is 20.8. The molecule has 0 saturated carbocycles. The second-order valence-electron chi connectivity index (χ2n) is 5.50. The Morgan fingerprint density at radius 2 is 2.16 bits per heavy atom. The Hall–Kier alpha value is -2.61. The van der Waals surface area contributed by atoms with Crippen LogP contribution < -0.4 is 10.1 Å². The third kappa shape index (κ3) is 3.74. The van der Waals surface area contributed by atoms with Gasteiger partial charge < -0.3 is 10.1 Å². The van der Waals surface area contributed by atoms with Crippen molar-refractivity contribution in [2.24, 2.45) is 7.05 Å². The molecule has 2 heterocycles. The van der Waals surface area contributed by atoms with Gasteiger partial charge in [0.25, 0.3) is 0 Å². The number of amides is 1. The van der Waals surface area contributed by atoms with Crippen molar-refractivity contribution in [2.45, 2.75) is 18.0 Å². The lowest BCUT2D eigenvalue weighted by Crippen LogP contribution is -2.28. The SMILES string of the molecule is COc1ccccc1C(C)NC(=O)CSc1ncnc2c1cnn2C. The second-order valence-corrected chi connectivity index (χ2v) is 6.47. The first-order valence-electron chi connectivity index (χ1n) is 7.78. The molecule has 0 spiro atoms. The molecule has 0 bridgehead atoms. The average molecular weight is 357 g/mol. The molecule has 0 aliphatic rings. The van der Waals surface area contributed by atoms with Gasteiger partial charge in [0, 0.05) is 12.6 Å². The summed E-state index contributed by atoms with van der Waals surface area (Å²) in [6, 6.07) is 7.51. The van der Waals surface area contributed by atoms with Gasteiger partial charge in [0.2, 0.25) is 5.91 Å². The molecule has 0 aliphatic carbocycles. The Bertz CT molecular complexity index is 896. The van der Waals surface area contributed by atoms with Gasteiger partial charge in [0.15, 0.2) is 5.65 Å². The largest absolute Gasteiger partial charge is 0.496 e. The summed E-state index contributed by atoms with van der Waals surface area (Å²) in [6.45, 7) is 1.93. The van der Waals surface area contributed by atoms with Crippen molar-refractivity contribution in [1.82, 2.24) is 25.1 Å². The van der Waals surface area contributed by atoms with Gasteiger partial charge in [-0.05, 0) is 13.0 Å². The topological polar surface area (TPSA) is 81.9 Å². The zero-order valence-corrected chi connectivity index (χ0v) is 15.1. The Kier molecular flexibility index (Phi) is 5.18. The smallest absolute Gasteiger partial charge is 0.230 e. The number of hydrogen-bond acceptors (Lipinski definition) is 6. The van der Waals surface area contributed by atoms with E-state index in [1.807, 2.05) is 38.2 Å². The summed E-state index contributed by atoms with van der Waals surface area (Å²) in [5.74, 6) is 0.954. The minimum Gasteiger partial charge on any atom is -0.496 e. The number of thioether (sulfide) groups is 1. The first-order chi connectivity index (χ1) is 12.1. The van der Waals surface area contributed by atoms with Crippen LogP contribution in [0.5, 0.6) is 5.75 Å². The van der Waals surface area contributed by atoms with Crippen LogP contribution in [0.4, 0.5) is 0 Å². The number of aryl methyl sites for hydroxylation is 1. The van der Waals surface area contributed by atoms with Crippen LogP contribution in [0.2, 0.25) is 0 Å². The Morgan fingerprint density at radius 1 is 1.36 bits per heavy atom. The molecule has 0 aliphatic heterocycles. The molecule has 7 nitrogen and oxygen atoms in total. The summed E-state index contributed by atoms with van der Waals surface area (Å²) < 4.78 is 7.03. The number of benzene rings is 1. The van der Waals surface area contributed by atoms with E-state index in [9.17, 15) is 4.79 Å². The molecule has 2 aromatic heterocycles. The van der Waals surface area contributed by atoms with Crippen molar-refractivity contribution in [2.75, 3.05) is 12.9 Å². The summed E-state index contributed by atoms with van der Waals surface area (Å²) in [7, 11) is 3.45. The van der Waals surface area contributed by atoms with Crippen LogP contribution in [0.15, 0.2) is 41.8 Å². The number of nitrogens with one attached hydrogen (secondary N) is 1. The lowest BCUT2D eigenvalue weighted by molar-refractivity contribution is -0.119. The van der Waals surface area contributed by atoms with Crippen LogP contribution in [0.3, 0.4) is 0 Å². The summed E-state index contributed by atoms with van der Waals surface area (Å²) >= 11 is 1.37. The van der Waals surface area contributed by atoms with E-state index >= 15 is 0 Å². The number of fused-ring (bicyclic) bond motifs is 1. The lowest BCUT2D eigenvalue weighted by atomic mass is 10.1. The third-order valence-electron chi connectivity index (χ3n) is 3.82. The maximum Gasteiger partial charge on any atom is 0.230 e. The van der Waals surface area contributed by atoms with Crippen LogP contribution in [0, 0.1) is 0 Å². The number of ether oxygens (including phenoxy) is 1. The zero-order valence-electron chi connectivity index (χ0n) is 14.3. The first-order valence-corrected chi connectivity index (χ1v) is 8.76. The molecule has 1 aromatic carbocycles. The Balaban J connectivity index is 1.64. The number of methoxy groups -OCH3 is 1. The maximum atomic E-state index is 12.3. The minimum absolute atomic E-state index is 0.0703. The molecule has 1 unspecified atom stereocenters. The number of rotatable bonds is 6. The summed E-state index contributed by atoms with van der Waals surface area (Å²) in [5, 5.41) is 8.76. The monoisotopic (exact) mass is 357 g/mol. The predicted octanol–water partition coefficient (Wildman–Crippen LogP) is 2.34. The fourth-order valence-electron chi connectivity index (χ4n) is 2.57. The van der Waals surface area contributed by atoms with E-state index in [1.54, 1.807) is 18.0 Å². The van der Waals surface area contributed by atoms with Gasteiger partial charge in [0.05, 0.1) is 30.5 Å². The minimum atomic E-state index is -0.145. The fourth-order valence-corrected chi connectivity index (χ4v) is 3.35. The van der Waals surface area contributed by atoms with Crippen LogP contribution >= 0.6 is 11.8 Å². The second kappa shape index (κ2) is 7.52. The van der Waals surface area contributed by atoms with E-state index in [4.69, 9.17) is 4.74 Å². The van der Waals surface area contributed by atoms with E-state index in [-0.39, 0.29) is 17.7 Å². The highest BCUT2D eigenvalue weighted by Gasteiger charge is 2.15. The number of hydrogen-bond donors (Lipinski definition) is 1. The van der Waals surface area contributed by atoms with Gasteiger partial charge in [-0.25, -0.2) is 9.97 Å². The van der Waals surface area contributed by atoms with Crippen molar-refractivity contribution >= 4 is 28.7 Å². The number of para-hydroxylation sites is 1. The predicted molar refractivity (Wildman–Crippen MR) is 96.6 cm³/mol. The van der Waals surface area contributed by atoms with Crippen molar-refractivity contribution in [3.05, 3.63) is 42.4 Å². The normalized spacial score (nSPS) is 12.1. The van der Waals surface area contributed by atoms with E-state index in [0.717, 1.165) is 27.4 Å². The van der Waals surface area contributed by atoms with Gasteiger partial charge >= 0.3 is 0 Å². The molecule has 1 N–H and O–H groups in total. The Morgan fingerprint density at radius 3 is 2.96 bits per heavy atom. The highest BCUT2D eigenvalue weighted by atomic mass is 32.2. The zero-order chi connectivity index (χ0) is 17.8. The molecule has 130 valence electrons. The average Bonchev–Trinajstić information content (AvgIpc) is 3.01. The molecule has 3 aromatic rings. The van der Waals surface area contributed by atoms with E-state index < -0.39 is 0 Å². The third-order valence-corrected chi connectivity index (χ3v) is 4.82. The molecular formula is C17H19N5O2S. The molecule has 0 saturated heterocycles. The van der Waals surface area contributed by atoms with E-state index in [0.29, 0.717) is 0 Å². The Labute approximate surface area is 149 Å². The quantitative estimate of drug-likeness (QED) is 0.539. The molecule has 1 atom stereocenters. The van der Waals surface area contributed by atoms with Gasteiger partial charge in [-0.3, -0.25) is 9.48 Å². The van der Waals surface area contributed by atoms with E-state index in [1.165, 1.54) is 18.1 Å². The van der Waals surface area contributed by atoms with Crippen LogP contribution in [0.1, 0.15) is 18.5 Å². The van der Waals surface area contributed by atoms with E-state index in [2.05, 4.69) is 20.4 Å². The van der Waals surface area contributed by atoms with Crippen molar-refractivity contribution < 1.29 is 9.53 Å². The van der Waals surface area contributed by atoms with Crippen LogP contribution in [-0.4, -0.2) is 38.5 Å². The van der Waals surface area contributed by atoms with Crippen molar-refractivity contribution in [1.29, 1.82) is 0 Å². The summed E-state index contributed by atoms with van der Waals surface area (Å²) in [5.41, 5.74) is 1.69. The number of aromatic nitrogens is 4. The number of carbonyl (C=O) groups excluding carboxylic acids is 1. The molecule has 25 heavy (non-hydrogen) atoms. The van der Waals surface area contributed by atoms with Crippen molar-refractivity contribution in [3.8, 4) is 5.75 Å². The molecule has 3 rings (SSSR count).